The van der Waals surface area contributed by atoms with E-state index in [1.165, 1.54) is 6.07 Å². The second-order valence-corrected chi connectivity index (χ2v) is 10.8. The van der Waals surface area contributed by atoms with Crippen LogP contribution in [0.3, 0.4) is 0 Å². The largest absolute Gasteiger partial charge is 0.483 e. The van der Waals surface area contributed by atoms with Gasteiger partial charge in [-0.1, -0.05) is 31.0 Å². The molecule has 2 aromatic carbocycles. The van der Waals surface area contributed by atoms with Gasteiger partial charge < -0.3 is 15.2 Å². The maximum Gasteiger partial charge on any atom is 0.262 e. The van der Waals surface area contributed by atoms with Crippen molar-refractivity contribution in [2.45, 2.75) is 62.9 Å². The summed E-state index contributed by atoms with van der Waals surface area (Å²) < 4.78 is 33.8. The molecular weight excluding hydrogens is 440 g/mol. The van der Waals surface area contributed by atoms with Crippen molar-refractivity contribution >= 4 is 21.6 Å². The van der Waals surface area contributed by atoms with Crippen LogP contribution in [0, 0.1) is 6.92 Å². The third kappa shape index (κ3) is 5.39. The number of nitrogens with one attached hydrogen (secondary N) is 1. The van der Waals surface area contributed by atoms with Crippen molar-refractivity contribution in [3.63, 3.8) is 0 Å². The Morgan fingerprint density at radius 3 is 2.64 bits per heavy atom. The van der Waals surface area contributed by atoms with E-state index in [0.717, 1.165) is 56.1 Å². The number of amides is 1. The Morgan fingerprint density at radius 2 is 1.88 bits per heavy atom. The lowest BCUT2D eigenvalue weighted by atomic mass is 9.89. The number of aliphatic hydroxyl groups excluding tert-OH is 1. The van der Waals surface area contributed by atoms with E-state index in [2.05, 4.69) is 5.32 Å². The molecule has 8 heteroatoms. The van der Waals surface area contributed by atoms with E-state index in [0.29, 0.717) is 30.1 Å². The topological polar surface area (TPSA) is 95.9 Å². The molecule has 0 aromatic heterocycles. The Balaban J connectivity index is 1.45. The first-order valence-corrected chi connectivity index (χ1v) is 13.1. The normalized spacial score (nSPS) is 19.4. The van der Waals surface area contributed by atoms with Crippen LogP contribution in [0.2, 0.25) is 0 Å². The summed E-state index contributed by atoms with van der Waals surface area (Å²) >= 11 is 0. The summed E-state index contributed by atoms with van der Waals surface area (Å²) in [4.78, 5) is 12.8. The first-order chi connectivity index (χ1) is 15.9. The molecule has 0 radical (unpaired) electrons. The molecule has 7 nitrogen and oxygen atoms in total. The fourth-order valence-corrected chi connectivity index (χ4v) is 6.41. The minimum absolute atomic E-state index is 0.200. The number of benzene rings is 2. The SMILES string of the molecule is Cc1ccc(NC(=O)COc2cccc3c2CCCC3O)cc1S(=O)(=O)N1CCCCCC1. The molecule has 1 atom stereocenters. The second-order valence-electron chi connectivity index (χ2n) is 8.87. The summed E-state index contributed by atoms with van der Waals surface area (Å²) in [7, 11) is -3.62. The van der Waals surface area contributed by atoms with Gasteiger partial charge in [-0.25, -0.2) is 8.42 Å². The van der Waals surface area contributed by atoms with Gasteiger partial charge in [0.2, 0.25) is 10.0 Å². The van der Waals surface area contributed by atoms with Crippen molar-refractivity contribution in [2.24, 2.45) is 0 Å². The number of aliphatic hydroxyl groups is 1. The zero-order valence-electron chi connectivity index (χ0n) is 19.0. The Bertz CT molecular complexity index is 1110. The van der Waals surface area contributed by atoms with E-state index in [9.17, 15) is 18.3 Å². The molecule has 0 spiro atoms. The molecule has 1 saturated heterocycles. The van der Waals surface area contributed by atoms with Crippen LogP contribution in [0.25, 0.3) is 0 Å². The summed E-state index contributed by atoms with van der Waals surface area (Å²) in [6.07, 6.45) is 5.74. The van der Waals surface area contributed by atoms with Crippen molar-refractivity contribution in [1.82, 2.24) is 4.31 Å². The van der Waals surface area contributed by atoms with Gasteiger partial charge in [0.1, 0.15) is 5.75 Å². The van der Waals surface area contributed by atoms with E-state index < -0.39 is 16.1 Å². The first kappa shape index (κ1) is 23.7. The molecule has 1 fully saturated rings. The molecule has 1 heterocycles. The highest BCUT2D eigenvalue weighted by molar-refractivity contribution is 7.89. The van der Waals surface area contributed by atoms with Gasteiger partial charge in [-0.15, -0.1) is 0 Å². The molecule has 1 amide bonds. The molecule has 2 N–H and O–H groups in total. The van der Waals surface area contributed by atoms with Crippen molar-refractivity contribution in [3.05, 3.63) is 53.1 Å². The number of carbonyl (C=O) groups excluding carboxylic acids is 1. The van der Waals surface area contributed by atoms with Gasteiger partial charge in [0.05, 0.1) is 11.0 Å². The van der Waals surface area contributed by atoms with Crippen LogP contribution in [0.4, 0.5) is 5.69 Å². The minimum Gasteiger partial charge on any atom is -0.483 e. The minimum atomic E-state index is -3.62. The molecule has 0 saturated carbocycles. The number of hydrogen-bond acceptors (Lipinski definition) is 5. The van der Waals surface area contributed by atoms with Crippen molar-refractivity contribution < 1.29 is 23.1 Å². The van der Waals surface area contributed by atoms with E-state index in [1.807, 2.05) is 18.2 Å². The Morgan fingerprint density at radius 1 is 1.12 bits per heavy atom. The predicted molar refractivity (Wildman–Crippen MR) is 127 cm³/mol. The van der Waals surface area contributed by atoms with Gasteiger partial charge in [0, 0.05) is 18.8 Å². The van der Waals surface area contributed by atoms with E-state index in [1.54, 1.807) is 23.4 Å². The summed E-state index contributed by atoms with van der Waals surface area (Å²) in [5.41, 5.74) is 2.89. The van der Waals surface area contributed by atoms with Crippen molar-refractivity contribution in [1.29, 1.82) is 0 Å². The van der Waals surface area contributed by atoms with Crippen LogP contribution in [0.1, 0.15) is 61.3 Å². The number of rotatable bonds is 6. The maximum atomic E-state index is 13.2. The summed E-state index contributed by atoms with van der Waals surface area (Å²) in [6, 6.07) is 10.5. The number of aryl methyl sites for hydroxylation is 1. The number of nitrogens with zero attached hydrogens (tertiary/aromatic N) is 1. The first-order valence-electron chi connectivity index (χ1n) is 11.7. The number of carbonyl (C=O) groups is 1. The fourth-order valence-electron chi connectivity index (χ4n) is 4.64. The standard InChI is InChI=1S/C25H32N2O5S/c1-18-12-13-19(16-24(18)33(30,31)27-14-4-2-3-5-15-27)26-25(29)17-32-23-11-7-8-20-21(23)9-6-10-22(20)28/h7-8,11-13,16,22,28H,2-6,9-10,14-15,17H2,1H3,(H,26,29). The van der Waals surface area contributed by atoms with E-state index in [-0.39, 0.29) is 17.4 Å². The molecule has 0 bridgehead atoms. The number of anilines is 1. The Hall–Kier alpha value is -2.42. The molecule has 4 rings (SSSR count). The maximum absolute atomic E-state index is 13.2. The van der Waals surface area contributed by atoms with E-state index in [4.69, 9.17) is 4.74 Å². The number of sulfonamides is 1. The third-order valence-electron chi connectivity index (χ3n) is 6.45. The van der Waals surface area contributed by atoms with Crippen LogP contribution in [-0.2, 0) is 21.2 Å². The number of hydrogen-bond donors (Lipinski definition) is 2. The summed E-state index contributed by atoms with van der Waals surface area (Å²) in [6.45, 7) is 2.63. The average molecular weight is 473 g/mol. The lowest BCUT2D eigenvalue weighted by molar-refractivity contribution is -0.118. The summed E-state index contributed by atoms with van der Waals surface area (Å²) in [5.74, 6) is 0.237. The van der Waals surface area contributed by atoms with Crippen LogP contribution in [-0.4, -0.2) is 43.4 Å². The monoisotopic (exact) mass is 472 g/mol. The second kappa shape index (κ2) is 10.2. The highest BCUT2D eigenvalue weighted by atomic mass is 32.2. The van der Waals surface area contributed by atoms with Gasteiger partial charge in [-0.3, -0.25) is 4.79 Å². The Kier molecular flexibility index (Phi) is 7.36. The molecule has 2 aliphatic rings. The smallest absolute Gasteiger partial charge is 0.262 e. The van der Waals surface area contributed by atoms with Crippen LogP contribution in [0.15, 0.2) is 41.3 Å². The van der Waals surface area contributed by atoms with Gasteiger partial charge >= 0.3 is 0 Å². The number of ether oxygens (including phenoxy) is 1. The zero-order chi connectivity index (χ0) is 23.4. The van der Waals surface area contributed by atoms with Crippen LogP contribution in [0.5, 0.6) is 5.75 Å². The average Bonchev–Trinajstić information content (AvgIpc) is 3.09. The van der Waals surface area contributed by atoms with Gasteiger partial charge in [0.15, 0.2) is 6.61 Å². The number of fused-ring (bicyclic) bond motifs is 1. The fraction of sp³-hybridized carbons (Fsp3) is 0.480. The quantitative estimate of drug-likeness (QED) is 0.664. The predicted octanol–water partition coefficient (Wildman–Crippen LogP) is 3.95. The van der Waals surface area contributed by atoms with Crippen molar-refractivity contribution in [2.75, 3.05) is 25.0 Å². The highest BCUT2D eigenvalue weighted by Crippen LogP contribution is 2.35. The van der Waals surface area contributed by atoms with Gasteiger partial charge in [0.25, 0.3) is 5.91 Å². The zero-order valence-corrected chi connectivity index (χ0v) is 19.9. The van der Waals surface area contributed by atoms with Crippen molar-refractivity contribution in [3.8, 4) is 5.75 Å². The van der Waals surface area contributed by atoms with Gasteiger partial charge in [-0.2, -0.15) is 4.31 Å². The summed E-state index contributed by atoms with van der Waals surface area (Å²) in [5, 5.41) is 13.0. The molecule has 178 valence electrons. The molecule has 33 heavy (non-hydrogen) atoms. The molecular formula is C25H32N2O5S. The molecule has 1 aliphatic heterocycles. The Labute approximate surface area is 195 Å². The molecule has 1 aliphatic carbocycles. The lowest BCUT2D eigenvalue weighted by Crippen LogP contribution is -2.32. The molecule has 2 aromatic rings. The molecule has 1 unspecified atom stereocenters. The van der Waals surface area contributed by atoms with Gasteiger partial charge in [-0.05, 0) is 73.9 Å². The van der Waals surface area contributed by atoms with E-state index >= 15 is 0 Å². The third-order valence-corrected chi connectivity index (χ3v) is 8.49. The lowest BCUT2D eigenvalue weighted by Gasteiger charge is -2.23. The highest BCUT2D eigenvalue weighted by Gasteiger charge is 2.27. The van der Waals surface area contributed by atoms with Crippen LogP contribution >= 0.6 is 0 Å². The van der Waals surface area contributed by atoms with Crippen LogP contribution < -0.4 is 10.1 Å².